The monoisotopic (exact) mass is 301 g/mol. The summed E-state index contributed by atoms with van der Waals surface area (Å²) in [7, 11) is -3.34. The molecule has 0 aliphatic carbocycles. The zero-order chi connectivity index (χ0) is 15.4. The molecule has 112 valence electrons. The first-order valence-corrected chi connectivity index (χ1v) is 7.72. The van der Waals surface area contributed by atoms with E-state index in [0.717, 1.165) is 6.26 Å². The normalized spacial score (nSPS) is 12.0. The van der Waals surface area contributed by atoms with E-state index in [1.807, 2.05) is 0 Å². The average Bonchev–Trinajstić information content (AvgIpc) is 2.33. The molecule has 1 amide bonds. The molecule has 0 spiro atoms. The molecule has 1 rings (SSSR count). The van der Waals surface area contributed by atoms with Crippen molar-refractivity contribution in [1.29, 1.82) is 0 Å². The number of pyridine rings is 1. The fraction of sp³-hybridized carbons (Fsp3) is 0.455. The van der Waals surface area contributed by atoms with Gasteiger partial charge in [-0.05, 0) is 26.0 Å². The van der Waals surface area contributed by atoms with Crippen LogP contribution in [0.25, 0.3) is 0 Å². The second-order valence-corrected chi connectivity index (χ2v) is 6.77. The van der Waals surface area contributed by atoms with Gasteiger partial charge in [0.15, 0.2) is 0 Å². The number of nitrogen functional groups attached to an aromatic ring is 1. The minimum absolute atomic E-state index is 0.149. The van der Waals surface area contributed by atoms with Gasteiger partial charge < -0.3 is 10.7 Å². The van der Waals surface area contributed by atoms with E-state index in [1.54, 1.807) is 26.0 Å². The van der Waals surface area contributed by atoms with Crippen molar-refractivity contribution in [1.82, 2.24) is 15.0 Å². The molecular weight excluding hydrogens is 282 g/mol. The van der Waals surface area contributed by atoms with E-state index in [0.29, 0.717) is 11.4 Å². The number of nitrogens with zero attached hydrogens (tertiary/aromatic N) is 1. The summed E-state index contributed by atoms with van der Waals surface area (Å²) in [6.07, 6.45) is 2.44. The highest BCUT2D eigenvalue weighted by Gasteiger charge is 2.23. The molecule has 1 aromatic rings. The van der Waals surface area contributed by atoms with E-state index in [-0.39, 0.29) is 12.5 Å². The van der Waals surface area contributed by atoms with Gasteiger partial charge in [0, 0.05) is 18.3 Å². The third-order valence-electron chi connectivity index (χ3n) is 2.33. The molecule has 0 aliphatic rings. The van der Waals surface area contributed by atoms with Crippen molar-refractivity contribution in [2.24, 2.45) is 5.84 Å². The molecule has 0 aromatic carbocycles. The standard InChI is InChI=1S/C11H19N5O3S/c1-11(2,16-20(3,18)19)7-14-10(17)8-4-5-9(15-12)13-6-8/h4-6,16H,7,12H2,1-3H3,(H,13,15)(H,14,17). The summed E-state index contributed by atoms with van der Waals surface area (Å²) in [5.74, 6) is 5.27. The summed E-state index contributed by atoms with van der Waals surface area (Å²) >= 11 is 0. The lowest BCUT2D eigenvalue weighted by molar-refractivity contribution is 0.0944. The number of hydrogen-bond acceptors (Lipinski definition) is 6. The van der Waals surface area contributed by atoms with E-state index >= 15 is 0 Å². The smallest absolute Gasteiger partial charge is 0.252 e. The number of amides is 1. The molecule has 1 aromatic heterocycles. The quantitative estimate of drug-likeness (QED) is 0.411. The van der Waals surface area contributed by atoms with Crippen molar-refractivity contribution in [2.75, 3.05) is 18.2 Å². The van der Waals surface area contributed by atoms with E-state index < -0.39 is 15.6 Å². The zero-order valence-electron chi connectivity index (χ0n) is 11.6. The van der Waals surface area contributed by atoms with Gasteiger partial charge in [-0.25, -0.2) is 24.0 Å². The fourth-order valence-electron chi connectivity index (χ4n) is 1.55. The maximum Gasteiger partial charge on any atom is 0.252 e. The minimum Gasteiger partial charge on any atom is -0.350 e. The Labute approximate surface area is 118 Å². The number of nitrogens with two attached hydrogens (primary N) is 1. The lowest BCUT2D eigenvalue weighted by atomic mass is 10.1. The Balaban J connectivity index is 2.62. The average molecular weight is 301 g/mol. The van der Waals surface area contributed by atoms with Crippen molar-refractivity contribution in [3.63, 3.8) is 0 Å². The van der Waals surface area contributed by atoms with Crippen LogP contribution in [-0.4, -0.2) is 37.6 Å². The summed E-state index contributed by atoms with van der Waals surface area (Å²) in [5.41, 5.74) is 1.93. The van der Waals surface area contributed by atoms with Gasteiger partial charge in [0.2, 0.25) is 10.0 Å². The van der Waals surface area contributed by atoms with Gasteiger partial charge in [0.25, 0.3) is 5.91 Å². The van der Waals surface area contributed by atoms with Gasteiger partial charge in [-0.3, -0.25) is 4.79 Å². The van der Waals surface area contributed by atoms with Crippen molar-refractivity contribution in [3.05, 3.63) is 23.9 Å². The number of sulfonamides is 1. The Bertz CT molecular complexity index is 568. The number of hydrogen-bond donors (Lipinski definition) is 4. The Morgan fingerprint density at radius 3 is 2.50 bits per heavy atom. The first-order valence-electron chi connectivity index (χ1n) is 5.83. The molecule has 0 radical (unpaired) electrons. The molecule has 0 unspecified atom stereocenters. The van der Waals surface area contributed by atoms with Crippen LogP contribution in [0.5, 0.6) is 0 Å². The maximum atomic E-state index is 11.9. The molecule has 0 aliphatic heterocycles. The number of aromatic nitrogens is 1. The maximum absolute atomic E-state index is 11.9. The summed E-state index contributed by atoms with van der Waals surface area (Å²) in [4.78, 5) is 15.8. The third kappa shape index (κ3) is 5.51. The number of carbonyl (C=O) groups excluding carboxylic acids is 1. The molecule has 0 fully saturated rings. The molecule has 0 saturated heterocycles. The minimum atomic E-state index is -3.34. The molecular formula is C11H19N5O3S. The molecule has 0 saturated carbocycles. The fourth-order valence-corrected chi connectivity index (χ4v) is 2.63. The zero-order valence-corrected chi connectivity index (χ0v) is 12.4. The van der Waals surface area contributed by atoms with Crippen molar-refractivity contribution < 1.29 is 13.2 Å². The lowest BCUT2D eigenvalue weighted by Crippen LogP contribution is -2.51. The van der Waals surface area contributed by atoms with Crippen LogP contribution in [0.3, 0.4) is 0 Å². The van der Waals surface area contributed by atoms with Crippen LogP contribution in [0.4, 0.5) is 5.82 Å². The van der Waals surface area contributed by atoms with Gasteiger partial charge in [0.05, 0.1) is 11.8 Å². The number of anilines is 1. The second-order valence-electron chi connectivity index (χ2n) is 5.02. The SMILES string of the molecule is CC(C)(CNC(=O)c1ccc(NN)nc1)NS(C)(=O)=O. The molecule has 5 N–H and O–H groups in total. The van der Waals surface area contributed by atoms with Crippen LogP contribution in [0.15, 0.2) is 18.3 Å². The number of nitrogens with one attached hydrogen (secondary N) is 3. The van der Waals surface area contributed by atoms with E-state index in [2.05, 4.69) is 20.4 Å². The number of hydrazine groups is 1. The van der Waals surface area contributed by atoms with Gasteiger partial charge >= 0.3 is 0 Å². The Hall–Kier alpha value is -1.71. The summed E-state index contributed by atoms with van der Waals surface area (Å²) in [6, 6.07) is 3.13. The summed E-state index contributed by atoms with van der Waals surface area (Å²) in [5, 5.41) is 2.64. The lowest BCUT2D eigenvalue weighted by Gasteiger charge is -2.25. The third-order valence-corrected chi connectivity index (χ3v) is 3.25. The molecule has 0 atom stereocenters. The van der Waals surface area contributed by atoms with Crippen LogP contribution in [0.1, 0.15) is 24.2 Å². The van der Waals surface area contributed by atoms with Crippen LogP contribution < -0.4 is 21.3 Å². The highest BCUT2D eigenvalue weighted by Crippen LogP contribution is 2.05. The molecule has 20 heavy (non-hydrogen) atoms. The first kappa shape index (κ1) is 16.3. The largest absolute Gasteiger partial charge is 0.350 e. The van der Waals surface area contributed by atoms with Crippen molar-refractivity contribution in [3.8, 4) is 0 Å². The topological polar surface area (TPSA) is 126 Å². The summed E-state index contributed by atoms with van der Waals surface area (Å²) < 4.78 is 24.8. The van der Waals surface area contributed by atoms with Gasteiger partial charge in [-0.2, -0.15) is 0 Å². The predicted octanol–water partition coefficient (Wildman–Crippen LogP) is -0.575. The van der Waals surface area contributed by atoms with Crippen LogP contribution in [-0.2, 0) is 10.0 Å². The highest BCUT2D eigenvalue weighted by molar-refractivity contribution is 7.88. The van der Waals surface area contributed by atoms with E-state index in [1.165, 1.54) is 6.20 Å². The van der Waals surface area contributed by atoms with Crippen LogP contribution >= 0.6 is 0 Å². The number of rotatable bonds is 6. The Morgan fingerprint density at radius 1 is 1.40 bits per heavy atom. The van der Waals surface area contributed by atoms with Crippen LogP contribution in [0.2, 0.25) is 0 Å². The molecule has 9 heteroatoms. The first-order chi connectivity index (χ1) is 9.13. The Morgan fingerprint density at radius 2 is 2.05 bits per heavy atom. The summed E-state index contributed by atoms with van der Waals surface area (Å²) in [6.45, 7) is 3.50. The van der Waals surface area contributed by atoms with E-state index in [9.17, 15) is 13.2 Å². The predicted molar refractivity (Wildman–Crippen MR) is 76.4 cm³/mol. The van der Waals surface area contributed by atoms with E-state index in [4.69, 9.17) is 5.84 Å². The molecule has 8 nitrogen and oxygen atoms in total. The van der Waals surface area contributed by atoms with Crippen molar-refractivity contribution >= 4 is 21.7 Å². The molecule has 1 heterocycles. The molecule has 0 bridgehead atoms. The van der Waals surface area contributed by atoms with Crippen molar-refractivity contribution in [2.45, 2.75) is 19.4 Å². The highest BCUT2D eigenvalue weighted by atomic mass is 32.2. The van der Waals surface area contributed by atoms with Gasteiger partial charge in [0.1, 0.15) is 5.82 Å². The van der Waals surface area contributed by atoms with Crippen LogP contribution in [0, 0.1) is 0 Å². The Kier molecular flexibility index (Phi) is 5.03. The number of carbonyl (C=O) groups is 1. The second kappa shape index (κ2) is 6.16. The van der Waals surface area contributed by atoms with Gasteiger partial charge in [-0.15, -0.1) is 0 Å². The van der Waals surface area contributed by atoms with Gasteiger partial charge in [-0.1, -0.05) is 0 Å².